The second kappa shape index (κ2) is 9.55. The standard InChI is InChI=1S/C27H20Br2O/c28-26-7-3-1-5-24(26)21-13-9-19(10-14-21)17-23(30)18-20-11-15-22(16-12-20)25-6-2-4-8-27(25)29/h1-16H,17-18H2. The summed E-state index contributed by atoms with van der Waals surface area (Å²) in [6, 6.07) is 32.8. The van der Waals surface area contributed by atoms with Crippen molar-refractivity contribution in [2.24, 2.45) is 0 Å². The Kier molecular flexibility index (Phi) is 6.61. The maximum absolute atomic E-state index is 12.6. The summed E-state index contributed by atoms with van der Waals surface area (Å²) >= 11 is 7.19. The minimum absolute atomic E-state index is 0.220. The second-order valence-electron chi connectivity index (χ2n) is 7.25. The molecule has 0 atom stereocenters. The van der Waals surface area contributed by atoms with Gasteiger partial charge in [-0.1, -0.05) is 117 Å². The Labute approximate surface area is 194 Å². The molecule has 148 valence electrons. The van der Waals surface area contributed by atoms with Crippen molar-refractivity contribution in [3.63, 3.8) is 0 Å². The van der Waals surface area contributed by atoms with Gasteiger partial charge in [0.15, 0.2) is 0 Å². The average molecular weight is 520 g/mol. The molecule has 0 radical (unpaired) electrons. The summed E-state index contributed by atoms with van der Waals surface area (Å²) in [6.45, 7) is 0. The first kappa shape index (κ1) is 20.8. The molecule has 0 aromatic heterocycles. The number of rotatable bonds is 6. The van der Waals surface area contributed by atoms with E-state index in [1.54, 1.807) is 0 Å². The van der Waals surface area contributed by atoms with Crippen LogP contribution in [-0.2, 0) is 17.6 Å². The number of halogens is 2. The zero-order valence-electron chi connectivity index (χ0n) is 16.3. The van der Waals surface area contributed by atoms with Gasteiger partial charge in [0.05, 0.1) is 0 Å². The minimum Gasteiger partial charge on any atom is -0.299 e. The van der Waals surface area contributed by atoms with Crippen LogP contribution in [0.2, 0.25) is 0 Å². The van der Waals surface area contributed by atoms with Crippen LogP contribution < -0.4 is 0 Å². The van der Waals surface area contributed by atoms with E-state index in [1.165, 1.54) is 0 Å². The highest BCUT2D eigenvalue weighted by Gasteiger charge is 2.08. The number of ketones is 1. The Balaban J connectivity index is 1.40. The smallest absolute Gasteiger partial charge is 0.141 e. The van der Waals surface area contributed by atoms with Crippen molar-refractivity contribution in [3.8, 4) is 22.3 Å². The van der Waals surface area contributed by atoms with Gasteiger partial charge in [-0.25, -0.2) is 0 Å². The van der Waals surface area contributed by atoms with E-state index in [-0.39, 0.29) is 5.78 Å². The van der Waals surface area contributed by atoms with Crippen LogP contribution in [0, 0.1) is 0 Å². The maximum atomic E-state index is 12.6. The molecule has 0 N–H and O–H groups in total. The van der Waals surface area contributed by atoms with E-state index in [0.29, 0.717) is 12.8 Å². The monoisotopic (exact) mass is 518 g/mol. The van der Waals surface area contributed by atoms with Crippen LogP contribution in [0.25, 0.3) is 22.3 Å². The Morgan fingerprint density at radius 1 is 0.533 bits per heavy atom. The summed E-state index contributed by atoms with van der Waals surface area (Å²) in [5.74, 6) is 0.220. The summed E-state index contributed by atoms with van der Waals surface area (Å²) in [6.07, 6.45) is 0.893. The van der Waals surface area contributed by atoms with Gasteiger partial charge in [0.1, 0.15) is 5.78 Å². The molecule has 4 aromatic carbocycles. The highest BCUT2D eigenvalue weighted by Crippen LogP contribution is 2.29. The van der Waals surface area contributed by atoms with E-state index in [0.717, 1.165) is 42.3 Å². The molecule has 3 heteroatoms. The molecular weight excluding hydrogens is 500 g/mol. The third kappa shape index (κ3) is 4.97. The van der Waals surface area contributed by atoms with Crippen molar-refractivity contribution in [1.29, 1.82) is 0 Å². The number of carbonyl (C=O) groups excluding carboxylic acids is 1. The lowest BCUT2D eigenvalue weighted by Gasteiger charge is -2.08. The molecule has 0 aliphatic heterocycles. The lowest BCUT2D eigenvalue weighted by Crippen LogP contribution is -2.06. The fourth-order valence-corrected chi connectivity index (χ4v) is 4.54. The zero-order chi connectivity index (χ0) is 20.9. The summed E-state index contributed by atoms with van der Waals surface area (Å²) in [5, 5.41) is 0. The van der Waals surface area contributed by atoms with Gasteiger partial charge in [-0.05, 0) is 45.5 Å². The summed E-state index contributed by atoms with van der Waals surface area (Å²) in [5.41, 5.74) is 6.67. The van der Waals surface area contributed by atoms with E-state index >= 15 is 0 Å². The molecule has 0 aliphatic rings. The number of carbonyl (C=O) groups is 1. The van der Waals surface area contributed by atoms with Crippen LogP contribution >= 0.6 is 31.9 Å². The van der Waals surface area contributed by atoms with E-state index in [2.05, 4.69) is 68.3 Å². The van der Waals surface area contributed by atoms with Crippen molar-refractivity contribution in [3.05, 3.63) is 117 Å². The lowest BCUT2D eigenvalue weighted by molar-refractivity contribution is -0.117. The SMILES string of the molecule is O=C(Cc1ccc(-c2ccccc2Br)cc1)Cc1ccc(-c2ccccc2Br)cc1. The van der Waals surface area contributed by atoms with Crippen molar-refractivity contribution in [1.82, 2.24) is 0 Å². The summed E-state index contributed by atoms with van der Waals surface area (Å²) in [4.78, 5) is 12.6. The van der Waals surface area contributed by atoms with Gasteiger partial charge in [0.25, 0.3) is 0 Å². The van der Waals surface area contributed by atoms with Crippen LogP contribution in [0.1, 0.15) is 11.1 Å². The molecule has 0 fully saturated rings. The highest BCUT2D eigenvalue weighted by molar-refractivity contribution is 9.11. The predicted molar refractivity (Wildman–Crippen MR) is 132 cm³/mol. The van der Waals surface area contributed by atoms with Gasteiger partial charge in [0.2, 0.25) is 0 Å². The topological polar surface area (TPSA) is 17.1 Å². The molecule has 1 nitrogen and oxygen atoms in total. The molecule has 0 aliphatic carbocycles. The van der Waals surface area contributed by atoms with Crippen molar-refractivity contribution in [2.45, 2.75) is 12.8 Å². The molecular formula is C27H20Br2O. The average Bonchev–Trinajstić information content (AvgIpc) is 2.76. The van der Waals surface area contributed by atoms with Gasteiger partial charge < -0.3 is 0 Å². The van der Waals surface area contributed by atoms with Crippen LogP contribution in [0.3, 0.4) is 0 Å². The molecule has 0 saturated heterocycles. The lowest BCUT2D eigenvalue weighted by atomic mass is 9.98. The third-order valence-corrected chi connectivity index (χ3v) is 6.46. The molecule has 0 heterocycles. The molecule has 30 heavy (non-hydrogen) atoms. The molecule has 0 spiro atoms. The Morgan fingerprint density at radius 2 is 0.900 bits per heavy atom. The molecule has 0 unspecified atom stereocenters. The molecule has 4 rings (SSSR count). The van der Waals surface area contributed by atoms with Gasteiger partial charge in [-0.3, -0.25) is 4.79 Å². The number of hydrogen-bond donors (Lipinski definition) is 0. The molecule has 0 amide bonds. The minimum atomic E-state index is 0.220. The van der Waals surface area contributed by atoms with Crippen LogP contribution in [0.4, 0.5) is 0 Å². The van der Waals surface area contributed by atoms with E-state index < -0.39 is 0 Å². The molecule has 0 bridgehead atoms. The first-order valence-electron chi connectivity index (χ1n) is 9.79. The Morgan fingerprint density at radius 3 is 1.27 bits per heavy atom. The van der Waals surface area contributed by atoms with Crippen LogP contribution in [0.15, 0.2) is 106 Å². The summed E-state index contributed by atoms with van der Waals surface area (Å²) in [7, 11) is 0. The van der Waals surface area contributed by atoms with Gasteiger partial charge in [-0.2, -0.15) is 0 Å². The Hall–Kier alpha value is -2.49. The zero-order valence-corrected chi connectivity index (χ0v) is 19.5. The number of hydrogen-bond acceptors (Lipinski definition) is 1. The van der Waals surface area contributed by atoms with Crippen molar-refractivity contribution < 1.29 is 4.79 Å². The second-order valence-corrected chi connectivity index (χ2v) is 8.95. The maximum Gasteiger partial charge on any atom is 0.141 e. The molecule has 4 aromatic rings. The largest absolute Gasteiger partial charge is 0.299 e. The highest BCUT2D eigenvalue weighted by atomic mass is 79.9. The number of Topliss-reactive ketones (excluding diaryl/α,β-unsaturated/α-hetero) is 1. The molecule has 0 saturated carbocycles. The predicted octanol–water partition coefficient (Wildman–Crippen LogP) is 7.90. The fourth-order valence-electron chi connectivity index (χ4n) is 3.51. The van der Waals surface area contributed by atoms with Crippen LogP contribution in [-0.4, -0.2) is 5.78 Å². The van der Waals surface area contributed by atoms with E-state index in [9.17, 15) is 4.79 Å². The van der Waals surface area contributed by atoms with Gasteiger partial charge in [-0.15, -0.1) is 0 Å². The van der Waals surface area contributed by atoms with Gasteiger partial charge >= 0.3 is 0 Å². The van der Waals surface area contributed by atoms with Crippen molar-refractivity contribution >= 4 is 37.6 Å². The Bertz CT molecular complexity index is 1070. The summed E-state index contributed by atoms with van der Waals surface area (Å²) < 4.78 is 2.14. The first-order chi connectivity index (χ1) is 14.6. The van der Waals surface area contributed by atoms with Crippen molar-refractivity contribution in [2.75, 3.05) is 0 Å². The quantitative estimate of drug-likeness (QED) is 0.253. The normalized spacial score (nSPS) is 10.7. The van der Waals surface area contributed by atoms with Gasteiger partial charge in [0, 0.05) is 21.8 Å². The third-order valence-electron chi connectivity index (χ3n) is 5.08. The first-order valence-corrected chi connectivity index (χ1v) is 11.4. The van der Waals surface area contributed by atoms with E-state index in [4.69, 9.17) is 0 Å². The fraction of sp³-hybridized carbons (Fsp3) is 0.0741. The van der Waals surface area contributed by atoms with E-state index in [1.807, 2.05) is 60.7 Å². The van der Waals surface area contributed by atoms with Crippen LogP contribution in [0.5, 0.6) is 0 Å². The number of benzene rings is 4.